The second-order valence-electron chi connectivity index (χ2n) is 5.34. The molecule has 0 saturated carbocycles. The Morgan fingerprint density at radius 3 is 2.71 bits per heavy atom. The van der Waals surface area contributed by atoms with Crippen molar-refractivity contribution in [3.8, 4) is 17.1 Å². The highest BCUT2D eigenvalue weighted by molar-refractivity contribution is 9.10. The number of aryl methyl sites for hydroxylation is 1. The van der Waals surface area contributed by atoms with Crippen LogP contribution in [0.1, 0.15) is 5.69 Å². The lowest BCUT2D eigenvalue weighted by Gasteiger charge is -2.11. The van der Waals surface area contributed by atoms with E-state index in [1.54, 1.807) is 7.11 Å². The van der Waals surface area contributed by atoms with Gasteiger partial charge in [0.1, 0.15) is 11.3 Å². The molecule has 4 aromatic rings. The molecule has 2 heterocycles. The summed E-state index contributed by atoms with van der Waals surface area (Å²) >= 11 is 9.89. The van der Waals surface area contributed by atoms with Crippen molar-refractivity contribution in [2.75, 3.05) is 7.11 Å². The molecule has 0 aliphatic carbocycles. The van der Waals surface area contributed by atoms with Crippen LogP contribution in [0.3, 0.4) is 0 Å². The van der Waals surface area contributed by atoms with Gasteiger partial charge in [-0.1, -0.05) is 39.7 Å². The summed E-state index contributed by atoms with van der Waals surface area (Å²) in [4.78, 5) is 4.64. The van der Waals surface area contributed by atoms with Crippen LogP contribution >= 0.6 is 27.5 Å². The van der Waals surface area contributed by atoms with Gasteiger partial charge in [0.25, 0.3) is 0 Å². The van der Waals surface area contributed by atoms with Gasteiger partial charge in [0, 0.05) is 10.0 Å². The van der Waals surface area contributed by atoms with E-state index in [1.165, 1.54) is 0 Å². The minimum atomic E-state index is 0.622. The molecule has 0 unspecified atom stereocenters. The molecule has 5 nitrogen and oxygen atoms in total. The standard InChI is InChI=1S/C17H12BrClN4O/c1-9-16-21-22-17(11-5-3-4-6-12(11)19)23(16)13-7-10(18)8-14(24-2)15(13)20-9/h3-8H,1-2H3. The predicted molar refractivity (Wildman–Crippen MR) is 97.7 cm³/mol. The first kappa shape index (κ1) is 15.4. The molecule has 2 aromatic heterocycles. The first-order valence-corrected chi connectivity index (χ1v) is 8.41. The average molecular weight is 404 g/mol. The lowest BCUT2D eigenvalue weighted by atomic mass is 10.2. The normalized spacial score (nSPS) is 11.3. The van der Waals surface area contributed by atoms with Crippen LogP contribution in [0.25, 0.3) is 28.1 Å². The number of aromatic nitrogens is 4. The van der Waals surface area contributed by atoms with Gasteiger partial charge >= 0.3 is 0 Å². The van der Waals surface area contributed by atoms with E-state index in [0.717, 1.165) is 26.8 Å². The maximum atomic E-state index is 6.37. The molecule has 0 bridgehead atoms. The van der Waals surface area contributed by atoms with Gasteiger partial charge < -0.3 is 4.74 Å². The third-order valence-electron chi connectivity index (χ3n) is 3.86. The van der Waals surface area contributed by atoms with Crippen LogP contribution in [0.15, 0.2) is 40.9 Å². The number of hydrogen-bond donors (Lipinski definition) is 0. The van der Waals surface area contributed by atoms with Crippen molar-refractivity contribution >= 4 is 44.2 Å². The molecule has 0 aliphatic rings. The van der Waals surface area contributed by atoms with Crippen LogP contribution in [0.4, 0.5) is 0 Å². The molecular weight excluding hydrogens is 392 g/mol. The molecule has 0 spiro atoms. The zero-order valence-corrected chi connectivity index (χ0v) is 15.3. The van der Waals surface area contributed by atoms with Crippen molar-refractivity contribution in [2.24, 2.45) is 0 Å². The summed E-state index contributed by atoms with van der Waals surface area (Å²) in [7, 11) is 1.63. The number of benzene rings is 2. The quantitative estimate of drug-likeness (QED) is 0.488. The van der Waals surface area contributed by atoms with E-state index in [9.17, 15) is 0 Å². The highest BCUT2D eigenvalue weighted by Gasteiger charge is 2.18. The number of methoxy groups -OCH3 is 1. The molecule has 0 N–H and O–H groups in total. The fourth-order valence-corrected chi connectivity index (χ4v) is 3.43. The molecule has 7 heteroatoms. The topological polar surface area (TPSA) is 52.3 Å². The summed E-state index contributed by atoms with van der Waals surface area (Å²) in [5, 5.41) is 9.28. The Bertz CT molecular complexity index is 1090. The van der Waals surface area contributed by atoms with Crippen molar-refractivity contribution in [1.29, 1.82) is 0 Å². The average Bonchev–Trinajstić information content (AvgIpc) is 3.01. The number of rotatable bonds is 2. The number of halogens is 2. The minimum absolute atomic E-state index is 0.622. The van der Waals surface area contributed by atoms with Crippen molar-refractivity contribution in [1.82, 2.24) is 19.6 Å². The maximum Gasteiger partial charge on any atom is 0.183 e. The van der Waals surface area contributed by atoms with Crippen molar-refractivity contribution in [3.05, 3.63) is 51.6 Å². The highest BCUT2D eigenvalue weighted by atomic mass is 79.9. The van der Waals surface area contributed by atoms with Gasteiger partial charge in [-0.25, -0.2) is 4.98 Å². The highest BCUT2D eigenvalue weighted by Crippen LogP contribution is 2.33. The molecule has 0 amide bonds. The van der Waals surface area contributed by atoms with Crippen LogP contribution in [0, 0.1) is 6.92 Å². The zero-order chi connectivity index (χ0) is 16.8. The summed E-state index contributed by atoms with van der Waals surface area (Å²) in [6.07, 6.45) is 0. The van der Waals surface area contributed by atoms with Gasteiger partial charge in [-0.05, 0) is 31.2 Å². The molecule has 0 aliphatic heterocycles. The van der Waals surface area contributed by atoms with E-state index >= 15 is 0 Å². The fraction of sp³-hybridized carbons (Fsp3) is 0.118. The van der Waals surface area contributed by atoms with Crippen LogP contribution in [-0.2, 0) is 0 Å². The molecule has 0 atom stereocenters. The van der Waals surface area contributed by atoms with Gasteiger partial charge in [-0.15, -0.1) is 10.2 Å². The van der Waals surface area contributed by atoms with Crippen LogP contribution in [0.2, 0.25) is 5.02 Å². The Kier molecular flexibility index (Phi) is 3.66. The summed E-state index contributed by atoms with van der Waals surface area (Å²) in [6, 6.07) is 11.4. The van der Waals surface area contributed by atoms with Crippen molar-refractivity contribution in [2.45, 2.75) is 6.92 Å². The molecule has 0 fully saturated rings. The second kappa shape index (κ2) is 5.72. The molecule has 120 valence electrons. The molecule has 4 rings (SSSR count). The largest absolute Gasteiger partial charge is 0.494 e. The monoisotopic (exact) mass is 402 g/mol. The molecule has 0 saturated heterocycles. The Labute approximate surface area is 151 Å². The zero-order valence-electron chi connectivity index (χ0n) is 12.9. The van der Waals surface area contributed by atoms with E-state index in [4.69, 9.17) is 16.3 Å². The Hall–Kier alpha value is -2.18. The summed E-state index contributed by atoms with van der Waals surface area (Å²) in [6.45, 7) is 1.90. The predicted octanol–water partition coefficient (Wildman–Crippen LogP) is 4.68. The maximum absolute atomic E-state index is 6.37. The summed E-state index contributed by atoms with van der Waals surface area (Å²) in [5.74, 6) is 1.36. The van der Waals surface area contributed by atoms with Crippen LogP contribution < -0.4 is 4.74 Å². The minimum Gasteiger partial charge on any atom is -0.494 e. The van der Waals surface area contributed by atoms with Crippen LogP contribution in [-0.4, -0.2) is 26.7 Å². The summed E-state index contributed by atoms with van der Waals surface area (Å²) in [5.41, 5.74) is 3.88. The van der Waals surface area contributed by atoms with Gasteiger partial charge in [0.2, 0.25) is 0 Å². The first-order chi connectivity index (χ1) is 11.6. The Morgan fingerprint density at radius 1 is 1.17 bits per heavy atom. The second-order valence-corrected chi connectivity index (χ2v) is 6.66. The van der Waals surface area contributed by atoms with E-state index < -0.39 is 0 Å². The first-order valence-electron chi connectivity index (χ1n) is 7.24. The number of hydrogen-bond acceptors (Lipinski definition) is 4. The van der Waals surface area contributed by atoms with Gasteiger partial charge in [-0.3, -0.25) is 4.40 Å². The lowest BCUT2D eigenvalue weighted by Crippen LogP contribution is -1.99. The number of fused-ring (bicyclic) bond motifs is 3. The van der Waals surface area contributed by atoms with Crippen molar-refractivity contribution in [3.63, 3.8) is 0 Å². The molecular formula is C17H12BrClN4O. The van der Waals surface area contributed by atoms with Gasteiger partial charge in [-0.2, -0.15) is 0 Å². The van der Waals surface area contributed by atoms with Crippen LogP contribution in [0.5, 0.6) is 5.75 Å². The molecule has 2 aromatic carbocycles. The fourth-order valence-electron chi connectivity index (χ4n) is 2.78. The number of ether oxygens (including phenoxy) is 1. The van der Waals surface area contributed by atoms with E-state index in [-0.39, 0.29) is 0 Å². The van der Waals surface area contributed by atoms with E-state index in [1.807, 2.05) is 47.7 Å². The van der Waals surface area contributed by atoms with E-state index in [2.05, 4.69) is 31.1 Å². The van der Waals surface area contributed by atoms with Gasteiger partial charge in [0.05, 0.1) is 23.3 Å². The molecule has 0 radical (unpaired) electrons. The SMILES string of the molecule is COc1cc(Br)cc2c1nc(C)c1nnc(-c3ccccc3Cl)n12. The van der Waals surface area contributed by atoms with Gasteiger partial charge in [0.15, 0.2) is 11.5 Å². The van der Waals surface area contributed by atoms with Crippen molar-refractivity contribution < 1.29 is 4.74 Å². The smallest absolute Gasteiger partial charge is 0.183 e. The third kappa shape index (κ3) is 2.25. The lowest BCUT2D eigenvalue weighted by molar-refractivity contribution is 0.418. The molecule has 24 heavy (non-hydrogen) atoms. The number of nitrogens with zero attached hydrogens (tertiary/aromatic N) is 4. The summed E-state index contributed by atoms with van der Waals surface area (Å²) < 4.78 is 8.34. The Morgan fingerprint density at radius 2 is 1.96 bits per heavy atom. The van der Waals surface area contributed by atoms with E-state index in [0.29, 0.717) is 22.2 Å². The Balaban J connectivity index is 2.20. The third-order valence-corrected chi connectivity index (χ3v) is 4.65.